The zero-order valence-electron chi connectivity index (χ0n) is 19.3. The molecule has 6 nitrogen and oxygen atoms in total. The fourth-order valence-corrected chi connectivity index (χ4v) is 5.68. The van der Waals surface area contributed by atoms with Crippen molar-refractivity contribution in [3.8, 4) is 5.75 Å². The molecule has 0 aliphatic heterocycles. The van der Waals surface area contributed by atoms with Gasteiger partial charge in [0.05, 0.1) is 17.7 Å². The topological polar surface area (TPSA) is 75.7 Å². The fraction of sp³-hybridized carbons (Fsp3) is 0.240. The minimum absolute atomic E-state index is 0.0402. The number of methoxy groups -OCH3 is 1. The van der Waals surface area contributed by atoms with Crippen molar-refractivity contribution in [1.29, 1.82) is 0 Å². The molecule has 0 spiro atoms. The summed E-state index contributed by atoms with van der Waals surface area (Å²) >= 11 is 7.61. The highest BCUT2D eigenvalue weighted by Gasteiger charge is 2.29. The zero-order valence-corrected chi connectivity index (χ0v) is 21.7. The summed E-state index contributed by atoms with van der Waals surface area (Å²) < 4.78 is 47.1. The standard InChI is InChI=1S/C25H26ClFN2O4S2/c1-18-7-10-21(11-8-18)35(31,32)29(23-15-20(26)9-12-24(23)33-2)16-25(30)28-13-14-34-17-19-5-3-4-6-22(19)27/h3-12,15H,13-14,16-17H2,1-2H3,(H,28,30). The summed E-state index contributed by atoms with van der Waals surface area (Å²) in [6.45, 7) is 1.68. The molecule has 0 saturated heterocycles. The van der Waals surface area contributed by atoms with Crippen molar-refractivity contribution in [3.05, 3.63) is 88.7 Å². The first-order chi connectivity index (χ1) is 16.7. The van der Waals surface area contributed by atoms with Crippen LogP contribution in [0.4, 0.5) is 10.1 Å². The number of nitrogens with zero attached hydrogens (tertiary/aromatic N) is 1. The summed E-state index contributed by atoms with van der Waals surface area (Å²) in [5.41, 5.74) is 1.65. The second-order valence-corrected chi connectivity index (χ2v) is 11.0. The number of nitrogens with one attached hydrogen (secondary N) is 1. The van der Waals surface area contributed by atoms with E-state index in [1.165, 1.54) is 43.1 Å². The largest absolute Gasteiger partial charge is 0.495 e. The lowest BCUT2D eigenvalue weighted by atomic mass is 10.2. The maximum Gasteiger partial charge on any atom is 0.264 e. The molecule has 1 N–H and O–H groups in total. The van der Waals surface area contributed by atoms with Crippen LogP contribution in [0.15, 0.2) is 71.6 Å². The maximum absolute atomic E-state index is 13.7. The molecule has 0 radical (unpaired) electrons. The number of carbonyl (C=O) groups is 1. The quantitative estimate of drug-likeness (QED) is 0.347. The number of carbonyl (C=O) groups excluding carboxylic acids is 1. The van der Waals surface area contributed by atoms with E-state index in [-0.39, 0.29) is 22.1 Å². The van der Waals surface area contributed by atoms with E-state index in [9.17, 15) is 17.6 Å². The molecule has 0 aliphatic carbocycles. The molecule has 0 saturated carbocycles. The Bertz CT molecular complexity index is 1270. The number of benzene rings is 3. The van der Waals surface area contributed by atoms with Gasteiger partial charge in [-0.1, -0.05) is 47.5 Å². The molecule has 0 atom stereocenters. The average Bonchev–Trinajstić information content (AvgIpc) is 2.83. The number of aryl methyl sites for hydroxylation is 1. The van der Waals surface area contributed by atoms with Crippen molar-refractivity contribution >= 4 is 45.0 Å². The smallest absolute Gasteiger partial charge is 0.264 e. The summed E-state index contributed by atoms with van der Waals surface area (Å²) in [4.78, 5) is 12.8. The van der Waals surface area contributed by atoms with Crippen LogP contribution in [0.5, 0.6) is 5.75 Å². The normalized spacial score (nSPS) is 11.2. The number of rotatable bonds is 11. The summed E-state index contributed by atoms with van der Waals surface area (Å²) in [7, 11) is -2.69. The molecular weight excluding hydrogens is 511 g/mol. The predicted molar refractivity (Wildman–Crippen MR) is 139 cm³/mol. The van der Waals surface area contributed by atoms with Crippen LogP contribution in [0, 0.1) is 12.7 Å². The van der Waals surface area contributed by atoms with Crippen LogP contribution in [0.2, 0.25) is 5.02 Å². The molecule has 0 heterocycles. The molecule has 0 bridgehead atoms. The first-order valence-electron chi connectivity index (χ1n) is 10.7. The van der Waals surface area contributed by atoms with Gasteiger partial charge in [-0.05, 0) is 48.9 Å². The van der Waals surface area contributed by atoms with Crippen LogP contribution in [0.1, 0.15) is 11.1 Å². The zero-order chi connectivity index (χ0) is 25.4. The van der Waals surface area contributed by atoms with E-state index >= 15 is 0 Å². The highest BCUT2D eigenvalue weighted by atomic mass is 35.5. The van der Waals surface area contributed by atoms with Gasteiger partial charge in [0.15, 0.2) is 0 Å². The minimum atomic E-state index is -4.10. The third kappa shape index (κ3) is 7.13. The van der Waals surface area contributed by atoms with Crippen LogP contribution in [0.25, 0.3) is 0 Å². The van der Waals surface area contributed by atoms with Crippen molar-refractivity contribution < 1.29 is 22.3 Å². The van der Waals surface area contributed by atoms with Gasteiger partial charge in [-0.15, -0.1) is 0 Å². The highest BCUT2D eigenvalue weighted by Crippen LogP contribution is 2.34. The molecule has 0 unspecified atom stereocenters. The van der Waals surface area contributed by atoms with Crippen molar-refractivity contribution in [3.63, 3.8) is 0 Å². The van der Waals surface area contributed by atoms with Gasteiger partial charge in [0.1, 0.15) is 18.1 Å². The fourth-order valence-electron chi connectivity index (χ4n) is 3.24. The van der Waals surface area contributed by atoms with Gasteiger partial charge < -0.3 is 10.1 Å². The first kappa shape index (κ1) is 26.8. The Morgan fingerprint density at radius 1 is 1.11 bits per heavy atom. The van der Waals surface area contributed by atoms with Gasteiger partial charge in [-0.25, -0.2) is 12.8 Å². The number of amides is 1. The molecule has 0 aromatic heterocycles. The van der Waals surface area contributed by atoms with Crippen molar-refractivity contribution in [2.75, 3.05) is 30.3 Å². The number of sulfonamides is 1. The summed E-state index contributed by atoms with van der Waals surface area (Å²) in [6.07, 6.45) is 0. The molecule has 1 amide bonds. The van der Waals surface area contributed by atoms with E-state index in [1.54, 1.807) is 42.5 Å². The number of anilines is 1. The lowest BCUT2D eigenvalue weighted by Crippen LogP contribution is -2.41. The van der Waals surface area contributed by atoms with E-state index in [0.717, 1.165) is 9.87 Å². The first-order valence-corrected chi connectivity index (χ1v) is 13.7. The van der Waals surface area contributed by atoms with E-state index in [0.29, 0.717) is 28.6 Å². The van der Waals surface area contributed by atoms with Crippen LogP contribution in [0.3, 0.4) is 0 Å². The number of hydrogen-bond acceptors (Lipinski definition) is 5. The molecule has 3 aromatic carbocycles. The second kappa shape index (κ2) is 12.3. The molecule has 3 rings (SSSR count). The molecule has 0 fully saturated rings. The Balaban J connectivity index is 1.73. The van der Waals surface area contributed by atoms with Gasteiger partial charge >= 0.3 is 0 Å². The summed E-state index contributed by atoms with van der Waals surface area (Å²) in [6, 6.07) is 17.5. The van der Waals surface area contributed by atoms with Crippen LogP contribution >= 0.6 is 23.4 Å². The molecule has 186 valence electrons. The lowest BCUT2D eigenvalue weighted by molar-refractivity contribution is -0.119. The highest BCUT2D eigenvalue weighted by molar-refractivity contribution is 7.98. The van der Waals surface area contributed by atoms with Crippen LogP contribution < -0.4 is 14.4 Å². The Morgan fingerprint density at radius 2 is 1.83 bits per heavy atom. The van der Waals surface area contributed by atoms with Gasteiger partial charge in [-0.3, -0.25) is 9.10 Å². The van der Waals surface area contributed by atoms with Crippen LogP contribution in [-0.2, 0) is 20.6 Å². The second-order valence-electron chi connectivity index (χ2n) is 7.63. The molecule has 3 aromatic rings. The maximum atomic E-state index is 13.7. The monoisotopic (exact) mass is 536 g/mol. The molecule has 35 heavy (non-hydrogen) atoms. The van der Waals surface area contributed by atoms with Crippen molar-refractivity contribution in [2.45, 2.75) is 17.6 Å². The van der Waals surface area contributed by atoms with Gasteiger partial charge in [-0.2, -0.15) is 11.8 Å². The number of ether oxygens (including phenoxy) is 1. The SMILES string of the molecule is COc1ccc(Cl)cc1N(CC(=O)NCCSCc1ccccc1F)S(=O)(=O)c1ccc(C)cc1. The molecule has 10 heteroatoms. The number of halogens is 2. The average molecular weight is 537 g/mol. The van der Waals surface area contributed by atoms with Crippen LogP contribution in [-0.4, -0.2) is 40.3 Å². The summed E-state index contributed by atoms with van der Waals surface area (Å²) in [5, 5.41) is 3.04. The van der Waals surface area contributed by atoms with E-state index in [1.807, 2.05) is 6.92 Å². The predicted octanol–water partition coefficient (Wildman–Crippen LogP) is 5.04. The number of thioether (sulfide) groups is 1. The minimum Gasteiger partial charge on any atom is -0.495 e. The Morgan fingerprint density at radius 3 is 2.51 bits per heavy atom. The van der Waals surface area contributed by atoms with Crippen molar-refractivity contribution in [1.82, 2.24) is 5.32 Å². The van der Waals surface area contributed by atoms with Gasteiger partial charge in [0.2, 0.25) is 5.91 Å². The molecular formula is C25H26ClFN2O4S2. The van der Waals surface area contributed by atoms with Gasteiger partial charge in [0, 0.05) is 23.1 Å². The van der Waals surface area contributed by atoms with Crippen molar-refractivity contribution in [2.24, 2.45) is 0 Å². The van der Waals surface area contributed by atoms with E-state index < -0.39 is 22.5 Å². The van der Waals surface area contributed by atoms with E-state index in [4.69, 9.17) is 16.3 Å². The van der Waals surface area contributed by atoms with E-state index in [2.05, 4.69) is 5.32 Å². The Kier molecular flexibility index (Phi) is 9.42. The molecule has 0 aliphatic rings. The third-order valence-corrected chi connectivity index (χ3v) is 8.11. The number of hydrogen-bond donors (Lipinski definition) is 1. The lowest BCUT2D eigenvalue weighted by Gasteiger charge is -2.26. The Hall–Kier alpha value is -2.75. The summed E-state index contributed by atoms with van der Waals surface area (Å²) in [5.74, 6) is 0.505. The Labute approximate surface area is 214 Å². The third-order valence-electron chi connectivity index (χ3n) is 5.09. The van der Waals surface area contributed by atoms with Gasteiger partial charge in [0.25, 0.3) is 10.0 Å².